The van der Waals surface area contributed by atoms with Gasteiger partial charge in [-0.25, -0.2) is 9.97 Å². The Morgan fingerprint density at radius 2 is 2.28 bits per heavy atom. The van der Waals surface area contributed by atoms with E-state index in [1.54, 1.807) is 6.20 Å². The normalized spacial score (nSPS) is 29.2. The maximum atomic E-state index is 12.9. The van der Waals surface area contributed by atoms with Crippen LogP contribution in [0.3, 0.4) is 0 Å². The van der Waals surface area contributed by atoms with Gasteiger partial charge >= 0.3 is 0 Å². The summed E-state index contributed by atoms with van der Waals surface area (Å²) in [6, 6.07) is 0. The number of hydrogen-bond acceptors (Lipinski definition) is 6. The Bertz CT molecular complexity index is 611. The highest BCUT2D eigenvalue weighted by Gasteiger charge is 2.45. The molecule has 25 heavy (non-hydrogen) atoms. The van der Waals surface area contributed by atoms with E-state index in [-0.39, 0.29) is 17.6 Å². The molecule has 2 saturated heterocycles. The number of ether oxygens (including phenoxy) is 3. The zero-order valence-corrected chi connectivity index (χ0v) is 14.6. The van der Waals surface area contributed by atoms with Crippen LogP contribution in [0.15, 0.2) is 12.4 Å². The van der Waals surface area contributed by atoms with Crippen LogP contribution in [0, 0.1) is 5.92 Å². The minimum absolute atomic E-state index is 0.0357. The molecule has 2 atom stereocenters. The molecule has 1 aromatic heterocycles. The van der Waals surface area contributed by atoms with Gasteiger partial charge in [0.15, 0.2) is 0 Å². The van der Waals surface area contributed by atoms with Gasteiger partial charge in [0.2, 0.25) is 5.88 Å². The molecule has 3 heterocycles. The molecule has 136 valence electrons. The van der Waals surface area contributed by atoms with Crippen LogP contribution in [0.4, 0.5) is 0 Å². The van der Waals surface area contributed by atoms with Crippen LogP contribution in [-0.2, 0) is 9.47 Å². The molecule has 7 heteroatoms. The first-order chi connectivity index (χ1) is 12.2. The van der Waals surface area contributed by atoms with Gasteiger partial charge in [0.05, 0.1) is 38.3 Å². The fourth-order valence-corrected chi connectivity index (χ4v) is 3.41. The van der Waals surface area contributed by atoms with Crippen LogP contribution in [0.1, 0.15) is 43.1 Å². The Hall–Kier alpha value is -1.73. The van der Waals surface area contributed by atoms with E-state index in [1.165, 1.54) is 19.0 Å². The smallest absolute Gasteiger partial charge is 0.274 e. The minimum Gasteiger partial charge on any atom is -0.476 e. The molecule has 1 amide bonds. The molecule has 2 aliphatic heterocycles. The summed E-state index contributed by atoms with van der Waals surface area (Å²) in [5.74, 6) is 1.04. The molecule has 1 spiro atoms. The molecule has 3 aliphatic rings. The lowest BCUT2D eigenvalue weighted by Gasteiger charge is -2.43. The minimum atomic E-state index is -0.366. The summed E-state index contributed by atoms with van der Waals surface area (Å²) in [5.41, 5.74) is -0.0143. The fraction of sp³-hybridized carbons (Fsp3) is 0.722. The van der Waals surface area contributed by atoms with Gasteiger partial charge in [-0.3, -0.25) is 4.79 Å². The number of morpholine rings is 1. The third kappa shape index (κ3) is 3.77. The van der Waals surface area contributed by atoms with E-state index in [0.717, 1.165) is 12.8 Å². The van der Waals surface area contributed by atoms with Crippen molar-refractivity contribution in [2.24, 2.45) is 5.92 Å². The van der Waals surface area contributed by atoms with Crippen molar-refractivity contribution in [3.05, 3.63) is 18.1 Å². The van der Waals surface area contributed by atoms with Gasteiger partial charge in [-0.05, 0) is 25.2 Å². The monoisotopic (exact) mass is 347 g/mol. The summed E-state index contributed by atoms with van der Waals surface area (Å²) in [5, 5.41) is 0. The third-order valence-electron chi connectivity index (χ3n) is 5.14. The predicted octanol–water partition coefficient (Wildman–Crippen LogP) is 1.68. The summed E-state index contributed by atoms with van der Waals surface area (Å²) < 4.78 is 17.3. The van der Waals surface area contributed by atoms with Crippen molar-refractivity contribution in [1.82, 2.24) is 14.9 Å². The van der Waals surface area contributed by atoms with Crippen molar-refractivity contribution in [2.75, 3.05) is 32.9 Å². The molecule has 3 fully saturated rings. The van der Waals surface area contributed by atoms with Gasteiger partial charge in [-0.1, -0.05) is 6.92 Å². The summed E-state index contributed by atoms with van der Waals surface area (Å²) in [4.78, 5) is 23.2. The average molecular weight is 347 g/mol. The van der Waals surface area contributed by atoms with Gasteiger partial charge in [-0.15, -0.1) is 0 Å². The zero-order valence-electron chi connectivity index (χ0n) is 14.6. The van der Waals surface area contributed by atoms with Crippen LogP contribution in [0.5, 0.6) is 5.88 Å². The second kappa shape index (κ2) is 6.88. The number of hydrogen-bond donors (Lipinski definition) is 0. The van der Waals surface area contributed by atoms with Gasteiger partial charge in [0.25, 0.3) is 5.91 Å². The summed E-state index contributed by atoms with van der Waals surface area (Å²) >= 11 is 0. The van der Waals surface area contributed by atoms with E-state index in [0.29, 0.717) is 50.4 Å². The van der Waals surface area contributed by atoms with Crippen molar-refractivity contribution in [1.29, 1.82) is 0 Å². The maximum absolute atomic E-state index is 12.9. The second-order valence-electron chi connectivity index (χ2n) is 7.31. The van der Waals surface area contributed by atoms with Gasteiger partial charge in [0, 0.05) is 19.6 Å². The summed E-state index contributed by atoms with van der Waals surface area (Å²) in [6.07, 6.45) is 7.24. The van der Waals surface area contributed by atoms with Gasteiger partial charge < -0.3 is 19.1 Å². The van der Waals surface area contributed by atoms with E-state index in [4.69, 9.17) is 14.2 Å². The first-order valence-corrected chi connectivity index (χ1v) is 9.17. The summed E-state index contributed by atoms with van der Waals surface area (Å²) in [6.45, 7) is 5.13. The number of rotatable bonds is 5. The number of nitrogens with zero attached hydrogens (tertiary/aromatic N) is 3. The topological polar surface area (TPSA) is 73.8 Å². The Morgan fingerprint density at radius 1 is 1.40 bits per heavy atom. The van der Waals surface area contributed by atoms with E-state index in [2.05, 4.69) is 16.9 Å². The van der Waals surface area contributed by atoms with Crippen LogP contribution in [-0.4, -0.2) is 65.4 Å². The number of aromatic nitrogens is 2. The Balaban J connectivity index is 1.43. The first kappa shape index (κ1) is 16.7. The molecule has 0 N–H and O–H groups in total. The molecule has 4 rings (SSSR count). The van der Waals surface area contributed by atoms with E-state index in [9.17, 15) is 4.79 Å². The molecular formula is C18H25N3O4. The molecule has 0 aromatic carbocycles. The Morgan fingerprint density at radius 3 is 2.92 bits per heavy atom. The predicted molar refractivity (Wildman–Crippen MR) is 89.5 cm³/mol. The van der Waals surface area contributed by atoms with E-state index >= 15 is 0 Å². The van der Waals surface area contributed by atoms with Crippen LogP contribution in [0.25, 0.3) is 0 Å². The molecule has 1 aromatic rings. The van der Waals surface area contributed by atoms with Crippen molar-refractivity contribution < 1.29 is 19.0 Å². The lowest BCUT2D eigenvalue weighted by atomic mass is 9.98. The van der Waals surface area contributed by atoms with Crippen LogP contribution >= 0.6 is 0 Å². The quantitative estimate of drug-likeness (QED) is 0.807. The molecule has 2 unspecified atom stereocenters. The van der Waals surface area contributed by atoms with Crippen molar-refractivity contribution in [3.8, 4) is 5.88 Å². The lowest BCUT2D eigenvalue weighted by Crippen LogP contribution is -2.57. The SMILES string of the molecule is CCC1CN(C(=O)c2cnc(OCC3CC3)cn2)CC2(CCOC2)O1. The standard InChI is InChI=1S/C18H25N3O4/c1-2-14-9-21(11-18(25-14)5-6-23-12-18)17(22)15-7-20-16(8-19-15)24-10-13-3-4-13/h7-8,13-14H,2-6,9-12H2,1H3. The first-order valence-electron chi connectivity index (χ1n) is 9.17. The van der Waals surface area contributed by atoms with Crippen molar-refractivity contribution in [3.63, 3.8) is 0 Å². The molecule has 0 radical (unpaired) electrons. The maximum Gasteiger partial charge on any atom is 0.274 e. The highest BCUT2D eigenvalue weighted by atomic mass is 16.6. The number of amides is 1. The zero-order chi connectivity index (χ0) is 17.3. The Kier molecular flexibility index (Phi) is 4.60. The largest absolute Gasteiger partial charge is 0.476 e. The highest BCUT2D eigenvalue weighted by molar-refractivity contribution is 5.92. The molecular weight excluding hydrogens is 322 g/mol. The Labute approximate surface area is 147 Å². The van der Waals surface area contributed by atoms with Crippen LogP contribution in [0.2, 0.25) is 0 Å². The highest BCUT2D eigenvalue weighted by Crippen LogP contribution is 2.32. The molecule has 1 saturated carbocycles. The van der Waals surface area contributed by atoms with Crippen LogP contribution < -0.4 is 4.74 Å². The summed E-state index contributed by atoms with van der Waals surface area (Å²) in [7, 11) is 0. The number of carbonyl (C=O) groups excluding carboxylic acids is 1. The van der Waals surface area contributed by atoms with E-state index < -0.39 is 0 Å². The average Bonchev–Trinajstić information content (AvgIpc) is 3.39. The number of carbonyl (C=O) groups is 1. The van der Waals surface area contributed by atoms with Crippen molar-refractivity contribution in [2.45, 2.75) is 44.3 Å². The fourth-order valence-electron chi connectivity index (χ4n) is 3.41. The lowest BCUT2D eigenvalue weighted by molar-refractivity contribution is -0.145. The van der Waals surface area contributed by atoms with Gasteiger partial charge in [0.1, 0.15) is 11.3 Å². The van der Waals surface area contributed by atoms with Gasteiger partial charge in [-0.2, -0.15) is 0 Å². The molecule has 1 aliphatic carbocycles. The third-order valence-corrected chi connectivity index (χ3v) is 5.14. The molecule has 7 nitrogen and oxygen atoms in total. The van der Waals surface area contributed by atoms with Crippen molar-refractivity contribution >= 4 is 5.91 Å². The molecule has 0 bridgehead atoms. The second-order valence-corrected chi connectivity index (χ2v) is 7.31. The van der Waals surface area contributed by atoms with E-state index in [1.807, 2.05) is 4.90 Å².